The van der Waals surface area contributed by atoms with Crippen LogP contribution < -0.4 is 11.1 Å². The molecule has 1 saturated heterocycles. The molecule has 10 heteroatoms. The van der Waals surface area contributed by atoms with Crippen molar-refractivity contribution in [2.45, 2.75) is 58.8 Å². The lowest BCUT2D eigenvalue weighted by atomic mass is 9.86. The highest BCUT2D eigenvalue weighted by Gasteiger charge is 2.42. The van der Waals surface area contributed by atoms with E-state index in [0.717, 1.165) is 16.3 Å². The second-order valence-electron chi connectivity index (χ2n) is 8.62. The maximum atomic E-state index is 12.8. The second-order valence-corrected chi connectivity index (χ2v) is 9.47. The Kier molecular flexibility index (Phi) is 6.49. The van der Waals surface area contributed by atoms with Crippen LogP contribution in [0.2, 0.25) is 0 Å². The number of carbonyl (C=O) groups excluding carboxylic acids is 2. The molecular weight excluding hydrogens is 404 g/mol. The zero-order valence-electron chi connectivity index (χ0n) is 17.6. The number of amides is 2. The molecule has 1 aliphatic rings. The molecule has 2 aromatic heterocycles. The molecule has 0 spiro atoms. The van der Waals surface area contributed by atoms with Crippen LogP contribution in [0.3, 0.4) is 0 Å². The van der Waals surface area contributed by atoms with Gasteiger partial charge in [-0.05, 0) is 12.3 Å². The Hall–Kier alpha value is -2.43. The molecule has 2 aromatic rings. The normalized spacial score (nSPS) is 20.3. The van der Waals surface area contributed by atoms with Crippen LogP contribution >= 0.6 is 11.3 Å². The van der Waals surface area contributed by atoms with Crippen molar-refractivity contribution in [3.63, 3.8) is 0 Å². The zero-order chi connectivity index (χ0) is 22.1. The van der Waals surface area contributed by atoms with E-state index in [1.54, 1.807) is 17.9 Å². The van der Waals surface area contributed by atoms with Gasteiger partial charge in [-0.1, -0.05) is 20.8 Å². The molecule has 30 heavy (non-hydrogen) atoms. The maximum absolute atomic E-state index is 12.8. The number of aliphatic hydroxyl groups is 1. The number of likely N-dealkylation sites (tertiary alicyclic amines) is 1. The van der Waals surface area contributed by atoms with Gasteiger partial charge in [-0.3, -0.25) is 19.6 Å². The van der Waals surface area contributed by atoms with Crippen molar-refractivity contribution >= 4 is 23.2 Å². The second kappa shape index (κ2) is 8.75. The lowest BCUT2D eigenvalue weighted by Crippen LogP contribution is -2.54. The predicted molar refractivity (Wildman–Crippen MR) is 113 cm³/mol. The molecule has 2 amide bonds. The molecule has 0 aliphatic carbocycles. The number of thiazole rings is 1. The van der Waals surface area contributed by atoms with Gasteiger partial charge in [0, 0.05) is 13.0 Å². The highest BCUT2D eigenvalue weighted by Crippen LogP contribution is 2.25. The van der Waals surface area contributed by atoms with Gasteiger partial charge in [-0.25, -0.2) is 4.98 Å². The summed E-state index contributed by atoms with van der Waals surface area (Å²) in [7, 11) is 0. The minimum absolute atomic E-state index is 0.101. The van der Waals surface area contributed by atoms with Crippen molar-refractivity contribution in [2.75, 3.05) is 6.54 Å². The van der Waals surface area contributed by atoms with E-state index in [2.05, 4.69) is 20.3 Å². The lowest BCUT2D eigenvalue weighted by Gasteiger charge is -2.32. The van der Waals surface area contributed by atoms with E-state index in [0.29, 0.717) is 5.69 Å². The number of hydrogen-bond acceptors (Lipinski definition) is 8. The molecule has 162 valence electrons. The van der Waals surface area contributed by atoms with Crippen LogP contribution in [0.5, 0.6) is 0 Å². The maximum Gasteiger partial charge on any atom is 0.243 e. The predicted octanol–water partition coefficient (Wildman–Crippen LogP) is 0.860. The highest BCUT2D eigenvalue weighted by molar-refractivity contribution is 7.13. The molecule has 3 rings (SSSR count). The Balaban J connectivity index is 1.63. The Bertz CT molecular complexity index is 908. The van der Waals surface area contributed by atoms with E-state index in [9.17, 15) is 14.7 Å². The van der Waals surface area contributed by atoms with E-state index < -0.39 is 23.6 Å². The lowest BCUT2D eigenvalue weighted by molar-refractivity contribution is -0.141. The van der Waals surface area contributed by atoms with Crippen molar-refractivity contribution in [1.82, 2.24) is 25.2 Å². The Morgan fingerprint density at radius 1 is 1.33 bits per heavy atom. The number of nitrogens with zero attached hydrogens (tertiary/aromatic N) is 4. The fraction of sp³-hybridized carbons (Fsp3) is 0.550. The SMILES string of the molecule is Cc1ncsc1-c1cnc(CNC(=O)[C@@H]2C[C@@H](O)CN2C(=O)[C@@H](N)C(C)(C)C)cn1. The average molecular weight is 433 g/mol. The third kappa shape index (κ3) is 4.82. The third-order valence-corrected chi connectivity index (χ3v) is 6.14. The number of rotatable bonds is 5. The standard InChI is InChI=1S/C20H28N6O3S/c1-11-16(30-10-25-11)14-8-22-12(6-23-14)7-24-18(28)15-5-13(27)9-26(15)19(29)17(21)20(2,3)4/h6,8,10,13,15,17,27H,5,7,9,21H2,1-4H3,(H,24,28)/t13-,15+,17-/m1/s1. The number of aryl methyl sites for hydroxylation is 1. The van der Waals surface area contributed by atoms with Gasteiger partial charge in [-0.2, -0.15) is 0 Å². The Labute approximate surface area is 179 Å². The Morgan fingerprint density at radius 3 is 2.63 bits per heavy atom. The molecule has 0 unspecified atom stereocenters. The van der Waals surface area contributed by atoms with Crippen LogP contribution in [0, 0.1) is 12.3 Å². The molecule has 0 radical (unpaired) electrons. The van der Waals surface area contributed by atoms with Gasteiger partial charge in [0.1, 0.15) is 11.7 Å². The van der Waals surface area contributed by atoms with E-state index in [1.807, 2.05) is 27.7 Å². The minimum Gasteiger partial charge on any atom is -0.391 e. The molecule has 3 heterocycles. The molecule has 4 N–H and O–H groups in total. The third-order valence-electron chi connectivity index (χ3n) is 5.19. The van der Waals surface area contributed by atoms with E-state index in [4.69, 9.17) is 5.73 Å². The summed E-state index contributed by atoms with van der Waals surface area (Å²) >= 11 is 1.50. The quantitative estimate of drug-likeness (QED) is 0.638. The smallest absolute Gasteiger partial charge is 0.243 e. The summed E-state index contributed by atoms with van der Waals surface area (Å²) in [6.07, 6.45) is 2.69. The number of hydrogen-bond donors (Lipinski definition) is 3. The summed E-state index contributed by atoms with van der Waals surface area (Å²) in [4.78, 5) is 40.8. The highest BCUT2D eigenvalue weighted by atomic mass is 32.1. The average Bonchev–Trinajstić information content (AvgIpc) is 3.30. The molecular formula is C20H28N6O3S. The summed E-state index contributed by atoms with van der Waals surface area (Å²) in [5.74, 6) is -0.673. The van der Waals surface area contributed by atoms with Crippen LogP contribution in [0.1, 0.15) is 38.6 Å². The number of nitrogens with one attached hydrogen (secondary N) is 1. The van der Waals surface area contributed by atoms with Gasteiger partial charge in [0.25, 0.3) is 0 Å². The first-order valence-electron chi connectivity index (χ1n) is 9.81. The van der Waals surface area contributed by atoms with Crippen LogP contribution in [0.25, 0.3) is 10.6 Å². The first-order chi connectivity index (χ1) is 14.1. The first-order valence-corrected chi connectivity index (χ1v) is 10.7. The monoisotopic (exact) mass is 432 g/mol. The van der Waals surface area contributed by atoms with E-state index >= 15 is 0 Å². The summed E-state index contributed by atoms with van der Waals surface area (Å²) in [5.41, 5.74) is 9.62. The van der Waals surface area contributed by atoms with Crippen molar-refractivity contribution < 1.29 is 14.7 Å². The van der Waals surface area contributed by atoms with Crippen molar-refractivity contribution in [3.8, 4) is 10.6 Å². The van der Waals surface area contributed by atoms with Crippen molar-refractivity contribution in [2.24, 2.45) is 11.1 Å². The van der Waals surface area contributed by atoms with Gasteiger partial charge in [-0.15, -0.1) is 11.3 Å². The summed E-state index contributed by atoms with van der Waals surface area (Å²) in [6, 6.07) is -1.51. The fourth-order valence-corrected chi connectivity index (χ4v) is 4.03. The van der Waals surface area contributed by atoms with Crippen LogP contribution in [0.4, 0.5) is 0 Å². The van der Waals surface area contributed by atoms with Gasteiger partial charge in [0.15, 0.2) is 0 Å². The summed E-state index contributed by atoms with van der Waals surface area (Å²) < 4.78 is 0. The number of carbonyl (C=O) groups is 2. The molecule has 1 fully saturated rings. The molecule has 3 atom stereocenters. The van der Waals surface area contributed by atoms with Crippen molar-refractivity contribution in [1.29, 1.82) is 0 Å². The fourth-order valence-electron chi connectivity index (χ4n) is 3.26. The topological polar surface area (TPSA) is 134 Å². The summed E-state index contributed by atoms with van der Waals surface area (Å²) in [5, 5.41) is 12.8. The zero-order valence-corrected chi connectivity index (χ0v) is 18.4. The molecule has 0 saturated carbocycles. The minimum atomic E-state index is -0.758. The van der Waals surface area contributed by atoms with E-state index in [-0.39, 0.29) is 31.3 Å². The van der Waals surface area contributed by atoms with Gasteiger partial charge < -0.3 is 21.1 Å². The van der Waals surface area contributed by atoms with Gasteiger partial charge in [0.05, 0.1) is 52.9 Å². The number of nitrogens with two attached hydrogens (primary N) is 1. The number of aliphatic hydroxyl groups excluding tert-OH is 1. The molecule has 1 aliphatic heterocycles. The Morgan fingerprint density at radius 2 is 2.07 bits per heavy atom. The van der Waals surface area contributed by atoms with Gasteiger partial charge >= 0.3 is 0 Å². The molecule has 9 nitrogen and oxygen atoms in total. The van der Waals surface area contributed by atoms with Gasteiger partial charge in [0.2, 0.25) is 11.8 Å². The first kappa shape index (κ1) is 22.3. The summed E-state index contributed by atoms with van der Waals surface area (Å²) in [6.45, 7) is 7.79. The number of β-amino-alcohol motifs (C(OH)–C–C–N with tert-alkyl or cyclic N) is 1. The van der Waals surface area contributed by atoms with Crippen molar-refractivity contribution in [3.05, 3.63) is 29.3 Å². The molecule has 0 aromatic carbocycles. The van der Waals surface area contributed by atoms with Crippen LogP contribution in [0.15, 0.2) is 17.9 Å². The largest absolute Gasteiger partial charge is 0.391 e. The van der Waals surface area contributed by atoms with E-state index in [1.165, 1.54) is 16.2 Å². The number of aromatic nitrogens is 3. The molecule has 0 bridgehead atoms. The van der Waals surface area contributed by atoms with Crippen LogP contribution in [-0.4, -0.2) is 61.5 Å². The van der Waals surface area contributed by atoms with Crippen LogP contribution in [-0.2, 0) is 16.1 Å².